The zero-order valence-corrected chi connectivity index (χ0v) is 15.0. The first kappa shape index (κ1) is 17.1. The standard InChI is InChI=1S/C18H18N4O2S/c1-12-16(25-13(2)20-12)18(24)22-8-6-21(7-9-22)17(23)15-5-3-4-14(10-15)11-19/h3-5,10H,6-9H2,1-2H3. The van der Waals surface area contributed by atoms with Crippen molar-refractivity contribution < 1.29 is 9.59 Å². The minimum absolute atomic E-state index is 0.0123. The number of thiazole rings is 1. The number of aryl methyl sites for hydroxylation is 2. The summed E-state index contributed by atoms with van der Waals surface area (Å²) in [5.74, 6) is -0.115. The molecule has 0 atom stereocenters. The summed E-state index contributed by atoms with van der Waals surface area (Å²) in [5, 5.41) is 9.84. The van der Waals surface area contributed by atoms with Gasteiger partial charge in [-0.2, -0.15) is 5.26 Å². The molecule has 1 aromatic heterocycles. The van der Waals surface area contributed by atoms with Crippen LogP contribution in [0, 0.1) is 25.2 Å². The third-order valence-corrected chi connectivity index (χ3v) is 5.25. The van der Waals surface area contributed by atoms with E-state index in [1.807, 2.05) is 19.9 Å². The van der Waals surface area contributed by atoms with Crippen LogP contribution >= 0.6 is 11.3 Å². The topological polar surface area (TPSA) is 77.3 Å². The molecule has 0 unspecified atom stereocenters. The summed E-state index contributed by atoms with van der Waals surface area (Å²) in [7, 11) is 0. The van der Waals surface area contributed by atoms with Gasteiger partial charge in [0.2, 0.25) is 0 Å². The Hall–Kier alpha value is -2.72. The molecule has 0 aliphatic carbocycles. The quantitative estimate of drug-likeness (QED) is 0.829. The smallest absolute Gasteiger partial charge is 0.265 e. The number of benzene rings is 1. The van der Waals surface area contributed by atoms with Gasteiger partial charge in [-0.25, -0.2) is 4.98 Å². The Bertz CT molecular complexity index is 860. The highest BCUT2D eigenvalue weighted by Crippen LogP contribution is 2.20. The lowest BCUT2D eigenvalue weighted by Crippen LogP contribution is -2.50. The monoisotopic (exact) mass is 354 g/mol. The van der Waals surface area contributed by atoms with Gasteiger partial charge < -0.3 is 9.80 Å². The van der Waals surface area contributed by atoms with E-state index in [1.54, 1.807) is 34.1 Å². The number of nitriles is 1. The van der Waals surface area contributed by atoms with E-state index in [-0.39, 0.29) is 11.8 Å². The normalized spacial score (nSPS) is 14.3. The van der Waals surface area contributed by atoms with Gasteiger partial charge in [-0.1, -0.05) is 6.07 Å². The molecule has 2 heterocycles. The maximum atomic E-state index is 12.6. The van der Waals surface area contributed by atoms with Crippen LogP contribution in [-0.2, 0) is 0 Å². The predicted molar refractivity (Wildman–Crippen MR) is 94.6 cm³/mol. The maximum Gasteiger partial charge on any atom is 0.265 e. The van der Waals surface area contributed by atoms with Crippen molar-refractivity contribution >= 4 is 23.2 Å². The van der Waals surface area contributed by atoms with Crippen molar-refractivity contribution in [3.05, 3.63) is 51.0 Å². The number of rotatable bonds is 2. The molecule has 2 amide bonds. The number of aromatic nitrogens is 1. The fourth-order valence-corrected chi connectivity index (χ4v) is 3.78. The summed E-state index contributed by atoms with van der Waals surface area (Å²) in [5.41, 5.74) is 1.74. The molecule has 128 valence electrons. The molecule has 0 saturated carbocycles. The SMILES string of the molecule is Cc1nc(C)c(C(=O)N2CCN(C(=O)c3cccc(C#N)c3)CC2)s1. The van der Waals surface area contributed by atoms with E-state index >= 15 is 0 Å². The second-order valence-corrected chi connectivity index (χ2v) is 7.13. The lowest BCUT2D eigenvalue weighted by Gasteiger charge is -2.34. The number of hydrogen-bond acceptors (Lipinski definition) is 5. The van der Waals surface area contributed by atoms with Crippen LogP contribution in [0.4, 0.5) is 0 Å². The molecule has 7 heteroatoms. The van der Waals surface area contributed by atoms with Crippen LogP contribution in [0.2, 0.25) is 0 Å². The van der Waals surface area contributed by atoms with E-state index in [2.05, 4.69) is 4.98 Å². The van der Waals surface area contributed by atoms with Crippen LogP contribution in [0.3, 0.4) is 0 Å². The zero-order valence-electron chi connectivity index (χ0n) is 14.2. The summed E-state index contributed by atoms with van der Waals surface area (Å²) < 4.78 is 0. The van der Waals surface area contributed by atoms with Crippen molar-refractivity contribution in [2.75, 3.05) is 26.2 Å². The van der Waals surface area contributed by atoms with Crippen molar-refractivity contribution in [1.82, 2.24) is 14.8 Å². The summed E-state index contributed by atoms with van der Waals surface area (Å²) in [4.78, 5) is 33.7. The largest absolute Gasteiger partial charge is 0.335 e. The van der Waals surface area contributed by atoms with E-state index in [9.17, 15) is 9.59 Å². The van der Waals surface area contributed by atoms with Gasteiger partial charge in [0, 0.05) is 31.7 Å². The molecule has 0 N–H and O–H groups in total. The molecule has 0 radical (unpaired) electrons. The van der Waals surface area contributed by atoms with E-state index in [0.717, 1.165) is 10.7 Å². The number of carbonyl (C=O) groups excluding carboxylic acids is 2. The fourth-order valence-electron chi connectivity index (χ4n) is 2.89. The Labute approximate surface area is 150 Å². The Balaban J connectivity index is 1.65. The first-order valence-corrected chi connectivity index (χ1v) is 8.84. The molecular weight excluding hydrogens is 336 g/mol. The fraction of sp³-hybridized carbons (Fsp3) is 0.333. The van der Waals surface area contributed by atoms with E-state index in [4.69, 9.17) is 5.26 Å². The Morgan fingerprint density at radius 1 is 1.12 bits per heavy atom. The molecule has 25 heavy (non-hydrogen) atoms. The summed E-state index contributed by atoms with van der Waals surface area (Å²) in [6, 6.07) is 8.74. The summed E-state index contributed by atoms with van der Waals surface area (Å²) >= 11 is 1.41. The highest BCUT2D eigenvalue weighted by atomic mass is 32.1. The predicted octanol–water partition coefficient (Wildman–Crippen LogP) is 2.23. The average molecular weight is 354 g/mol. The number of hydrogen-bond donors (Lipinski definition) is 0. The summed E-state index contributed by atoms with van der Waals surface area (Å²) in [6.45, 7) is 5.70. The second-order valence-electron chi connectivity index (χ2n) is 5.92. The Kier molecular flexibility index (Phi) is 4.81. The molecule has 1 aromatic carbocycles. The first-order chi connectivity index (χ1) is 12.0. The van der Waals surface area contributed by atoms with E-state index < -0.39 is 0 Å². The average Bonchev–Trinajstić information content (AvgIpc) is 2.99. The number of piperazine rings is 1. The summed E-state index contributed by atoms with van der Waals surface area (Å²) in [6.07, 6.45) is 0. The molecular formula is C18H18N4O2S. The van der Waals surface area contributed by atoms with Crippen LogP contribution in [0.5, 0.6) is 0 Å². The van der Waals surface area contributed by atoms with Crippen molar-refractivity contribution in [2.24, 2.45) is 0 Å². The number of nitrogens with zero attached hydrogens (tertiary/aromatic N) is 4. The Morgan fingerprint density at radius 2 is 1.76 bits per heavy atom. The Morgan fingerprint density at radius 3 is 2.32 bits per heavy atom. The molecule has 0 spiro atoms. The van der Waals surface area contributed by atoms with Gasteiger partial charge in [-0.05, 0) is 32.0 Å². The van der Waals surface area contributed by atoms with Gasteiger partial charge >= 0.3 is 0 Å². The van der Waals surface area contributed by atoms with Crippen molar-refractivity contribution in [3.8, 4) is 6.07 Å². The molecule has 1 saturated heterocycles. The van der Waals surface area contributed by atoms with Gasteiger partial charge in [0.1, 0.15) is 4.88 Å². The minimum Gasteiger partial charge on any atom is -0.335 e. The van der Waals surface area contributed by atoms with E-state index in [0.29, 0.717) is 42.2 Å². The minimum atomic E-state index is -0.103. The van der Waals surface area contributed by atoms with Crippen molar-refractivity contribution in [2.45, 2.75) is 13.8 Å². The van der Waals surface area contributed by atoms with Crippen molar-refractivity contribution in [3.63, 3.8) is 0 Å². The van der Waals surface area contributed by atoms with Crippen LogP contribution in [-0.4, -0.2) is 52.8 Å². The van der Waals surface area contributed by atoms with Crippen molar-refractivity contribution in [1.29, 1.82) is 5.26 Å². The lowest BCUT2D eigenvalue weighted by atomic mass is 10.1. The molecule has 2 aromatic rings. The number of amides is 2. The third-order valence-electron chi connectivity index (χ3n) is 4.19. The van der Waals surface area contributed by atoms with Gasteiger partial charge in [0.15, 0.2) is 0 Å². The molecule has 1 fully saturated rings. The molecule has 1 aliphatic heterocycles. The first-order valence-electron chi connectivity index (χ1n) is 8.02. The van der Waals surface area contributed by atoms with Gasteiger partial charge in [-0.15, -0.1) is 11.3 Å². The van der Waals surface area contributed by atoms with Gasteiger partial charge in [-0.3, -0.25) is 9.59 Å². The van der Waals surface area contributed by atoms with E-state index in [1.165, 1.54) is 11.3 Å². The van der Waals surface area contributed by atoms with Crippen LogP contribution in [0.25, 0.3) is 0 Å². The molecule has 1 aliphatic rings. The zero-order chi connectivity index (χ0) is 18.0. The second kappa shape index (κ2) is 7.03. The molecule has 0 bridgehead atoms. The highest BCUT2D eigenvalue weighted by Gasteiger charge is 2.27. The van der Waals surface area contributed by atoms with Crippen LogP contribution in [0.15, 0.2) is 24.3 Å². The third kappa shape index (κ3) is 3.54. The van der Waals surface area contributed by atoms with Crippen LogP contribution in [0.1, 0.15) is 36.3 Å². The molecule has 6 nitrogen and oxygen atoms in total. The lowest BCUT2D eigenvalue weighted by molar-refractivity contribution is 0.0537. The van der Waals surface area contributed by atoms with Gasteiger partial charge in [0.05, 0.1) is 22.3 Å². The molecule has 3 rings (SSSR count). The van der Waals surface area contributed by atoms with Crippen LogP contribution < -0.4 is 0 Å². The maximum absolute atomic E-state index is 12.6. The van der Waals surface area contributed by atoms with Gasteiger partial charge in [0.25, 0.3) is 11.8 Å². The number of carbonyl (C=O) groups is 2. The highest BCUT2D eigenvalue weighted by molar-refractivity contribution is 7.13.